The smallest absolute Gasteiger partial charge is 0.416 e. The molecule has 172 valence electrons. The molecular weight excluding hydrogens is 427 g/mol. The van der Waals surface area contributed by atoms with E-state index >= 15 is 0 Å². The van der Waals surface area contributed by atoms with Crippen LogP contribution in [0.1, 0.15) is 16.7 Å². The fourth-order valence-corrected chi connectivity index (χ4v) is 3.81. The summed E-state index contributed by atoms with van der Waals surface area (Å²) in [6.07, 6.45) is -4.43. The topological polar surface area (TPSA) is 30.3 Å². The van der Waals surface area contributed by atoms with Crippen LogP contribution in [0.2, 0.25) is 0 Å². The number of aryl methyl sites for hydroxylation is 1. The van der Waals surface area contributed by atoms with Crippen molar-refractivity contribution in [2.24, 2.45) is 0 Å². The van der Waals surface area contributed by atoms with Crippen molar-refractivity contribution >= 4 is 11.0 Å². The van der Waals surface area contributed by atoms with Gasteiger partial charge < -0.3 is 14.2 Å². The summed E-state index contributed by atoms with van der Waals surface area (Å²) in [6, 6.07) is 19.1. The second-order valence-electron chi connectivity index (χ2n) is 8.35. The summed E-state index contributed by atoms with van der Waals surface area (Å²) in [6.45, 7) is 3.28. The minimum atomic E-state index is -4.43. The van der Waals surface area contributed by atoms with Gasteiger partial charge in [0.05, 0.1) is 23.1 Å². The van der Waals surface area contributed by atoms with Crippen LogP contribution in [0, 0.1) is 6.92 Å². The Labute approximate surface area is 191 Å². The van der Waals surface area contributed by atoms with E-state index in [1.807, 2.05) is 73.0 Å². The highest BCUT2D eigenvalue weighted by Crippen LogP contribution is 2.34. The lowest BCUT2D eigenvalue weighted by molar-refractivity contribution is -0.138. The van der Waals surface area contributed by atoms with Crippen molar-refractivity contribution in [1.29, 1.82) is 0 Å². The fourth-order valence-electron chi connectivity index (χ4n) is 3.81. The molecule has 0 radical (unpaired) electrons. The molecule has 0 saturated carbocycles. The van der Waals surface area contributed by atoms with Gasteiger partial charge in [-0.05, 0) is 50.8 Å². The number of benzene rings is 3. The summed E-state index contributed by atoms with van der Waals surface area (Å²) in [4.78, 5) is 6.80. The molecule has 0 atom stereocenters. The second kappa shape index (κ2) is 9.27. The lowest BCUT2D eigenvalue weighted by Crippen LogP contribution is -2.19. The van der Waals surface area contributed by atoms with Gasteiger partial charge in [-0.1, -0.05) is 42.0 Å². The Morgan fingerprint density at radius 2 is 1.76 bits per heavy atom. The largest absolute Gasteiger partial charge is 0.492 e. The van der Waals surface area contributed by atoms with Gasteiger partial charge in [-0.3, -0.25) is 0 Å². The minimum Gasteiger partial charge on any atom is -0.492 e. The van der Waals surface area contributed by atoms with Crippen molar-refractivity contribution < 1.29 is 17.9 Å². The third-order valence-corrected chi connectivity index (χ3v) is 5.45. The monoisotopic (exact) mass is 453 g/mol. The standard InChI is InChI=1S/C26H26F3N3O/c1-18-7-6-9-19(15-18)25-30-23-12-11-21(33-14-13-31(2)3)16-24(23)32(25)17-20-8-4-5-10-22(20)26(27,28)29/h4-12,15-16H,13-14,17H2,1-3H3. The zero-order valence-corrected chi connectivity index (χ0v) is 18.9. The zero-order chi connectivity index (χ0) is 23.6. The van der Waals surface area contributed by atoms with Crippen LogP contribution in [0.15, 0.2) is 66.7 Å². The van der Waals surface area contributed by atoms with E-state index in [0.29, 0.717) is 23.7 Å². The predicted molar refractivity (Wildman–Crippen MR) is 125 cm³/mol. The Hall–Kier alpha value is -3.32. The Kier molecular flexibility index (Phi) is 6.42. The Balaban J connectivity index is 1.83. The summed E-state index contributed by atoms with van der Waals surface area (Å²) in [5.41, 5.74) is 2.89. The van der Waals surface area contributed by atoms with Gasteiger partial charge in [0.1, 0.15) is 18.2 Å². The number of hydrogen-bond donors (Lipinski definition) is 0. The number of rotatable bonds is 7. The van der Waals surface area contributed by atoms with Crippen LogP contribution < -0.4 is 4.74 Å². The first-order chi connectivity index (χ1) is 15.7. The molecule has 0 aliphatic heterocycles. The average Bonchev–Trinajstić information content (AvgIpc) is 3.11. The quantitative estimate of drug-likeness (QED) is 0.343. The first-order valence-electron chi connectivity index (χ1n) is 10.7. The van der Waals surface area contributed by atoms with Crippen LogP contribution >= 0.6 is 0 Å². The van der Waals surface area contributed by atoms with Crippen molar-refractivity contribution in [3.63, 3.8) is 0 Å². The molecule has 0 saturated heterocycles. The number of aromatic nitrogens is 2. The molecule has 1 aromatic heterocycles. The molecule has 0 spiro atoms. The van der Waals surface area contributed by atoms with Gasteiger partial charge in [0.2, 0.25) is 0 Å². The summed E-state index contributed by atoms with van der Waals surface area (Å²) >= 11 is 0. The first-order valence-corrected chi connectivity index (χ1v) is 10.7. The summed E-state index contributed by atoms with van der Waals surface area (Å²) in [5.74, 6) is 1.28. The van der Waals surface area contributed by atoms with Crippen LogP contribution in [-0.2, 0) is 12.7 Å². The Bertz CT molecular complexity index is 1260. The average molecular weight is 454 g/mol. The summed E-state index contributed by atoms with van der Waals surface area (Å²) < 4.78 is 48.8. The molecular formula is C26H26F3N3O. The van der Waals surface area contributed by atoms with E-state index in [1.165, 1.54) is 12.1 Å². The highest BCUT2D eigenvalue weighted by molar-refractivity contribution is 5.82. The van der Waals surface area contributed by atoms with Crippen LogP contribution in [-0.4, -0.2) is 41.7 Å². The number of imidazole rings is 1. The third kappa shape index (κ3) is 5.20. The van der Waals surface area contributed by atoms with Crippen LogP contribution in [0.5, 0.6) is 5.75 Å². The molecule has 0 N–H and O–H groups in total. The lowest BCUT2D eigenvalue weighted by Gasteiger charge is -2.16. The van der Waals surface area contributed by atoms with Crippen molar-refractivity contribution in [3.8, 4) is 17.1 Å². The van der Waals surface area contributed by atoms with Gasteiger partial charge in [-0.25, -0.2) is 4.98 Å². The molecule has 7 heteroatoms. The number of halogens is 3. The first kappa shape index (κ1) is 22.9. The molecule has 0 bridgehead atoms. The van der Waals surface area contributed by atoms with Gasteiger partial charge in [0.25, 0.3) is 0 Å². The molecule has 0 aliphatic carbocycles. The molecule has 4 aromatic rings. The SMILES string of the molecule is Cc1cccc(-c2nc3ccc(OCCN(C)C)cc3n2Cc2ccccc2C(F)(F)F)c1. The van der Waals surface area contributed by atoms with Gasteiger partial charge in [-0.2, -0.15) is 13.2 Å². The van der Waals surface area contributed by atoms with Gasteiger partial charge >= 0.3 is 6.18 Å². The highest BCUT2D eigenvalue weighted by atomic mass is 19.4. The van der Waals surface area contributed by atoms with Gasteiger partial charge in [0, 0.05) is 18.2 Å². The summed E-state index contributed by atoms with van der Waals surface area (Å²) in [7, 11) is 3.93. The van der Waals surface area contributed by atoms with Crippen molar-refractivity contribution in [3.05, 3.63) is 83.4 Å². The summed E-state index contributed by atoms with van der Waals surface area (Å²) in [5, 5.41) is 0. The number of hydrogen-bond acceptors (Lipinski definition) is 3. The number of nitrogens with zero attached hydrogens (tertiary/aromatic N) is 3. The van der Waals surface area contributed by atoms with Crippen molar-refractivity contribution in [1.82, 2.24) is 14.5 Å². The van der Waals surface area contributed by atoms with E-state index in [2.05, 4.69) is 0 Å². The van der Waals surface area contributed by atoms with Gasteiger partial charge in [0.15, 0.2) is 0 Å². The van der Waals surface area contributed by atoms with Crippen LogP contribution in [0.3, 0.4) is 0 Å². The van der Waals surface area contributed by atoms with E-state index < -0.39 is 11.7 Å². The molecule has 0 unspecified atom stereocenters. The number of alkyl halides is 3. The zero-order valence-electron chi connectivity index (χ0n) is 18.9. The lowest BCUT2D eigenvalue weighted by atomic mass is 10.1. The van der Waals surface area contributed by atoms with E-state index in [0.717, 1.165) is 29.3 Å². The van der Waals surface area contributed by atoms with Crippen LogP contribution in [0.25, 0.3) is 22.4 Å². The molecule has 0 aliphatic rings. The molecule has 0 amide bonds. The van der Waals surface area contributed by atoms with E-state index in [4.69, 9.17) is 9.72 Å². The van der Waals surface area contributed by atoms with Crippen molar-refractivity contribution in [2.45, 2.75) is 19.6 Å². The van der Waals surface area contributed by atoms with E-state index in [-0.39, 0.29) is 12.1 Å². The van der Waals surface area contributed by atoms with E-state index in [9.17, 15) is 13.2 Å². The Morgan fingerprint density at radius 3 is 2.48 bits per heavy atom. The molecule has 4 nitrogen and oxygen atoms in total. The Morgan fingerprint density at radius 1 is 0.970 bits per heavy atom. The third-order valence-electron chi connectivity index (χ3n) is 5.45. The van der Waals surface area contributed by atoms with Crippen molar-refractivity contribution in [2.75, 3.05) is 27.2 Å². The maximum Gasteiger partial charge on any atom is 0.416 e. The number of ether oxygens (including phenoxy) is 1. The maximum absolute atomic E-state index is 13.7. The minimum absolute atomic E-state index is 0.0383. The second-order valence-corrected chi connectivity index (χ2v) is 8.35. The highest BCUT2D eigenvalue weighted by Gasteiger charge is 2.33. The fraction of sp³-hybridized carbons (Fsp3) is 0.269. The molecule has 4 rings (SSSR count). The van der Waals surface area contributed by atoms with Gasteiger partial charge in [-0.15, -0.1) is 0 Å². The molecule has 0 fully saturated rings. The molecule has 3 aromatic carbocycles. The molecule has 33 heavy (non-hydrogen) atoms. The van der Waals surface area contributed by atoms with Crippen LogP contribution in [0.4, 0.5) is 13.2 Å². The normalized spacial score (nSPS) is 12.0. The molecule has 1 heterocycles. The maximum atomic E-state index is 13.7. The van der Waals surface area contributed by atoms with E-state index in [1.54, 1.807) is 6.07 Å². The predicted octanol–water partition coefficient (Wildman–Crippen LogP) is 6.02. The number of likely N-dealkylation sites (N-methyl/N-ethyl adjacent to an activating group) is 1. The number of fused-ring (bicyclic) bond motifs is 1.